The lowest BCUT2D eigenvalue weighted by Crippen LogP contribution is -2.55. The van der Waals surface area contributed by atoms with E-state index in [0.29, 0.717) is 12.1 Å². The summed E-state index contributed by atoms with van der Waals surface area (Å²) in [6.07, 6.45) is 11.3. The summed E-state index contributed by atoms with van der Waals surface area (Å²) in [6, 6.07) is 4.31. The Hall–Kier alpha value is -0.590. The zero-order valence-electron chi connectivity index (χ0n) is 13.5. The van der Waals surface area contributed by atoms with E-state index in [1.807, 2.05) is 0 Å². The van der Waals surface area contributed by atoms with Gasteiger partial charge in [0, 0.05) is 18.1 Å². The first-order valence-corrected chi connectivity index (χ1v) is 8.47. The van der Waals surface area contributed by atoms with Crippen LogP contribution in [0.5, 0.6) is 0 Å². The second-order valence-corrected chi connectivity index (χ2v) is 7.20. The minimum atomic E-state index is -0.292. The average molecular weight is 277 g/mol. The van der Waals surface area contributed by atoms with E-state index in [1.165, 1.54) is 44.9 Å². The Morgan fingerprint density at radius 1 is 1.10 bits per heavy atom. The standard InChI is InChI=1S/C17H31N3/c1-14(2)19-17(13-18)11-7-10-16(12-17)20(3)15-8-5-4-6-9-15/h14-16,19H,4-12H2,1-3H3. The van der Waals surface area contributed by atoms with Crippen LogP contribution in [-0.2, 0) is 0 Å². The van der Waals surface area contributed by atoms with Crippen molar-refractivity contribution in [1.29, 1.82) is 5.26 Å². The first-order valence-electron chi connectivity index (χ1n) is 8.47. The van der Waals surface area contributed by atoms with Gasteiger partial charge in [-0.3, -0.25) is 5.32 Å². The SMILES string of the molecule is CC(C)NC1(C#N)CCCC(N(C)C2CCCCC2)C1. The molecule has 2 saturated carbocycles. The Bertz CT molecular complexity index is 341. The summed E-state index contributed by atoms with van der Waals surface area (Å²) in [4.78, 5) is 2.60. The number of hydrogen-bond acceptors (Lipinski definition) is 3. The highest BCUT2D eigenvalue weighted by molar-refractivity contribution is 5.11. The van der Waals surface area contributed by atoms with Gasteiger partial charge in [0.15, 0.2) is 0 Å². The van der Waals surface area contributed by atoms with E-state index in [1.54, 1.807) is 0 Å². The van der Waals surface area contributed by atoms with E-state index in [-0.39, 0.29) is 5.54 Å². The average Bonchev–Trinajstić information content (AvgIpc) is 2.47. The van der Waals surface area contributed by atoms with E-state index in [4.69, 9.17) is 0 Å². The summed E-state index contributed by atoms with van der Waals surface area (Å²) in [5, 5.41) is 13.2. The summed E-state index contributed by atoms with van der Waals surface area (Å²) in [6.45, 7) is 4.29. The van der Waals surface area contributed by atoms with Crippen LogP contribution >= 0.6 is 0 Å². The molecule has 114 valence electrons. The molecule has 0 aromatic heterocycles. The lowest BCUT2D eigenvalue weighted by Gasteiger charge is -2.44. The lowest BCUT2D eigenvalue weighted by molar-refractivity contribution is 0.0842. The Labute approximate surface area is 124 Å². The third kappa shape index (κ3) is 3.74. The minimum absolute atomic E-state index is 0.292. The lowest BCUT2D eigenvalue weighted by atomic mass is 9.78. The summed E-state index contributed by atoms with van der Waals surface area (Å²) in [5.74, 6) is 0. The molecule has 0 radical (unpaired) electrons. The molecule has 0 bridgehead atoms. The van der Waals surface area contributed by atoms with Gasteiger partial charge in [0.05, 0.1) is 6.07 Å². The van der Waals surface area contributed by atoms with E-state index in [9.17, 15) is 5.26 Å². The van der Waals surface area contributed by atoms with Crippen molar-refractivity contribution in [3.63, 3.8) is 0 Å². The third-order valence-electron chi connectivity index (χ3n) is 5.23. The molecular weight excluding hydrogens is 246 g/mol. The van der Waals surface area contributed by atoms with Gasteiger partial charge in [0.2, 0.25) is 0 Å². The maximum absolute atomic E-state index is 9.67. The molecular formula is C17H31N3. The van der Waals surface area contributed by atoms with Gasteiger partial charge in [0.25, 0.3) is 0 Å². The van der Waals surface area contributed by atoms with Crippen molar-refractivity contribution in [3.8, 4) is 6.07 Å². The van der Waals surface area contributed by atoms with Gasteiger partial charge in [-0.05, 0) is 59.4 Å². The Morgan fingerprint density at radius 2 is 1.75 bits per heavy atom. The van der Waals surface area contributed by atoms with Crippen LogP contribution in [0.1, 0.15) is 71.6 Å². The van der Waals surface area contributed by atoms with Gasteiger partial charge < -0.3 is 4.90 Å². The minimum Gasteiger partial charge on any atom is -0.300 e. The van der Waals surface area contributed by atoms with E-state index in [0.717, 1.165) is 18.9 Å². The van der Waals surface area contributed by atoms with Crippen LogP contribution in [0.15, 0.2) is 0 Å². The molecule has 2 aliphatic rings. The second kappa shape index (κ2) is 6.91. The number of nitrogens with zero attached hydrogens (tertiary/aromatic N) is 2. The summed E-state index contributed by atoms with van der Waals surface area (Å²) in [7, 11) is 2.30. The number of nitrogens with one attached hydrogen (secondary N) is 1. The summed E-state index contributed by atoms with van der Waals surface area (Å²) in [5.41, 5.74) is -0.292. The Balaban J connectivity index is 1.99. The second-order valence-electron chi connectivity index (χ2n) is 7.20. The van der Waals surface area contributed by atoms with Gasteiger partial charge in [-0.2, -0.15) is 5.26 Å². The van der Waals surface area contributed by atoms with Crippen molar-refractivity contribution in [2.24, 2.45) is 0 Å². The fourth-order valence-corrected chi connectivity index (χ4v) is 4.20. The van der Waals surface area contributed by atoms with Crippen molar-refractivity contribution in [1.82, 2.24) is 10.2 Å². The molecule has 0 aromatic rings. The van der Waals surface area contributed by atoms with E-state index < -0.39 is 0 Å². The normalized spacial score (nSPS) is 32.5. The molecule has 0 heterocycles. The molecule has 3 heteroatoms. The molecule has 2 atom stereocenters. The Kier molecular flexibility index (Phi) is 5.46. The van der Waals surface area contributed by atoms with Crippen LogP contribution in [0.4, 0.5) is 0 Å². The van der Waals surface area contributed by atoms with Gasteiger partial charge in [-0.15, -0.1) is 0 Å². The first-order chi connectivity index (χ1) is 9.56. The van der Waals surface area contributed by atoms with Crippen LogP contribution in [0, 0.1) is 11.3 Å². The largest absolute Gasteiger partial charge is 0.300 e. The van der Waals surface area contributed by atoms with Crippen LogP contribution in [0.3, 0.4) is 0 Å². The zero-order chi connectivity index (χ0) is 14.6. The summed E-state index contributed by atoms with van der Waals surface area (Å²) < 4.78 is 0. The third-order valence-corrected chi connectivity index (χ3v) is 5.23. The highest BCUT2D eigenvalue weighted by Gasteiger charge is 2.39. The first kappa shape index (κ1) is 15.8. The molecule has 0 aromatic carbocycles. The van der Waals surface area contributed by atoms with Gasteiger partial charge in [-0.1, -0.05) is 19.3 Å². The molecule has 2 fully saturated rings. The molecule has 0 aliphatic heterocycles. The van der Waals surface area contributed by atoms with Crippen LogP contribution < -0.4 is 5.32 Å². The monoisotopic (exact) mass is 277 g/mol. The van der Waals surface area contributed by atoms with Crippen molar-refractivity contribution in [2.45, 2.75) is 95.3 Å². The maximum Gasteiger partial charge on any atom is 0.108 e. The van der Waals surface area contributed by atoms with Gasteiger partial charge in [0.1, 0.15) is 5.54 Å². The van der Waals surface area contributed by atoms with Crippen LogP contribution in [0.2, 0.25) is 0 Å². The molecule has 2 aliphatic carbocycles. The molecule has 0 saturated heterocycles. The fraction of sp³-hybridized carbons (Fsp3) is 0.941. The molecule has 3 nitrogen and oxygen atoms in total. The van der Waals surface area contributed by atoms with Crippen LogP contribution in [0.25, 0.3) is 0 Å². The summed E-state index contributed by atoms with van der Waals surface area (Å²) >= 11 is 0. The zero-order valence-corrected chi connectivity index (χ0v) is 13.5. The number of nitriles is 1. The highest BCUT2D eigenvalue weighted by atomic mass is 15.2. The highest BCUT2D eigenvalue weighted by Crippen LogP contribution is 2.34. The van der Waals surface area contributed by atoms with Crippen molar-refractivity contribution >= 4 is 0 Å². The van der Waals surface area contributed by atoms with Gasteiger partial charge in [-0.25, -0.2) is 0 Å². The molecule has 1 N–H and O–H groups in total. The molecule has 20 heavy (non-hydrogen) atoms. The number of hydrogen-bond donors (Lipinski definition) is 1. The molecule has 2 unspecified atom stereocenters. The van der Waals surface area contributed by atoms with E-state index in [2.05, 4.69) is 37.2 Å². The predicted octanol–water partition coefficient (Wildman–Crippen LogP) is 3.45. The maximum atomic E-state index is 9.67. The van der Waals surface area contributed by atoms with E-state index >= 15 is 0 Å². The molecule has 0 spiro atoms. The fourth-order valence-electron chi connectivity index (χ4n) is 4.20. The Morgan fingerprint density at radius 3 is 2.35 bits per heavy atom. The number of rotatable bonds is 4. The van der Waals surface area contributed by atoms with Crippen molar-refractivity contribution < 1.29 is 0 Å². The van der Waals surface area contributed by atoms with Crippen molar-refractivity contribution in [3.05, 3.63) is 0 Å². The van der Waals surface area contributed by atoms with Crippen molar-refractivity contribution in [2.75, 3.05) is 7.05 Å². The molecule has 0 amide bonds. The topological polar surface area (TPSA) is 39.1 Å². The predicted molar refractivity (Wildman–Crippen MR) is 83.5 cm³/mol. The van der Waals surface area contributed by atoms with Crippen LogP contribution in [-0.4, -0.2) is 35.6 Å². The quantitative estimate of drug-likeness (QED) is 0.855. The van der Waals surface area contributed by atoms with Gasteiger partial charge >= 0.3 is 0 Å². The smallest absolute Gasteiger partial charge is 0.108 e. The molecule has 2 rings (SSSR count).